The Hall–Kier alpha value is -2.13. The van der Waals surface area contributed by atoms with Crippen LogP contribution in [0.25, 0.3) is 0 Å². The monoisotopic (exact) mass is 567 g/mol. The van der Waals surface area contributed by atoms with Crippen LogP contribution in [-0.2, 0) is 26.1 Å². The number of rotatable bonds is 10. The fraction of sp³-hybridized carbons (Fsp3) is 0.625. The van der Waals surface area contributed by atoms with Crippen molar-refractivity contribution < 1.29 is 27.2 Å². The Balaban J connectivity index is 1.24. The lowest BCUT2D eigenvalue weighted by Crippen LogP contribution is -2.76. The molecule has 1 N–H and O–H groups in total. The Bertz CT molecular complexity index is 1390. The van der Waals surface area contributed by atoms with Crippen LogP contribution in [0.4, 0.5) is 0 Å². The number of likely N-dealkylation sites (tertiary alicyclic amines) is 1. The van der Waals surface area contributed by atoms with Gasteiger partial charge in [0, 0.05) is 24.1 Å². The second-order valence-corrected chi connectivity index (χ2v) is 14.4. The van der Waals surface area contributed by atoms with Crippen LogP contribution in [0.15, 0.2) is 41.3 Å². The molecule has 2 bridgehead atoms. The van der Waals surface area contributed by atoms with Crippen molar-refractivity contribution in [2.75, 3.05) is 26.3 Å². The predicted octanol–water partition coefficient (Wildman–Crippen LogP) is 4.76. The first-order valence-corrected chi connectivity index (χ1v) is 16.6. The molecule has 216 valence electrons. The van der Waals surface area contributed by atoms with Crippen LogP contribution in [0, 0.1) is 18.8 Å². The smallest absolute Gasteiger partial charge is 0.296 e. The molecule has 1 saturated heterocycles. The molecule has 0 amide bonds. The lowest BCUT2D eigenvalue weighted by Gasteiger charge is -2.64. The van der Waals surface area contributed by atoms with Gasteiger partial charge in [-0.05, 0) is 88.1 Å². The third-order valence-corrected chi connectivity index (χ3v) is 11.7. The number of aryl methyl sites for hydroxylation is 1. The van der Waals surface area contributed by atoms with Gasteiger partial charge in [-0.3, -0.25) is 9.08 Å². The first-order valence-electron chi connectivity index (χ1n) is 15.1. The van der Waals surface area contributed by atoms with E-state index in [0.29, 0.717) is 19.4 Å². The van der Waals surface area contributed by atoms with Crippen molar-refractivity contribution in [3.8, 4) is 11.5 Å². The second kappa shape index (κ2) is 9.72. The van der Waals surface area contributed by atoms with E-state index in [1.54, 1.807) is 24.3 Å². The van der Waals surface area contributed by atoms with E-state index in [4.69, 9.17) is 13.7 Å². The molecule has 40 heavy (non-hydrogen) atoms. The number of unbranched alkanes of at least 4 members (excludes halogenated alkanes) is 1. The summed E-state index contributed by atoms with van der Waals surface area (Å²) in [4.78, 5) is 2.71. The number of hydrogen-bond acceptors (Lipinski definition) is 7. The van der Waals surface area contributed by atoms with Gasteiger partial charge in [0.05, 0.1) is 29.1 Å². The maximum absolute atomic E-state index is 13.1. The van der Waals surface area contributed by atoms with E-state index >= 15 is 0 Å². The maximum atomic E-state index is 13.1. The van der Waals surface area contributed by atoms with Crippen LogP contribution in [-0.4, -0.2) is 62.5 Å². The molecule has 8 heteroatoms. The Morgan fingerprint density at radius 3 is 2.65 bits per heavy atom. The van der Waals surface area contributed by atoms with E-state index < -0.39 is 21.1 Å². The van der Waals surface area contributed by atoms with E-state index in [1.807, 2.05) is 13.0 Å². The van der Waals surface area contributed by atoms with Gasteiger partial charge in [-0.2, -0.15) is 8.42 Å². The molecule has 2 aromatic carbocycles. The number of hydrogen-bond donors (Lipinski definition) is 1. The summed E-state index contributed by atoms with van der Waals surface area (Å²) in [7, 11) is -3.91. The Morgan fingerprint density at radius 1 is 1.10 bits per heavy atom. The quantitative estimate of drug-likeness (QED) is 0.327. The molecular formula is C32H41NO6S. The summed E-state index contributed by atoms with van der Waals surface area (Å²) >= 11 is 0. The van der Waals surface area contributed by atoms with Gasteiger partial charge >= 0.3 is 0 Å². The molecule has 5 aliphatic rings. The summed E-state index contributed by atoms with van der Waals surface area (Å²) in [6.45, 7) is 6.69. The first kappa shape index (κ1) is 26.7. The fourth-order valence-corrected chi connectivity index (χ4v) is 9.09. The minimum absolute atomic E-state index is 0.0323. The molecule has 0 aromatic heterocycles. The van der Waals surface area contributed by atoms with Gasteiger partial charge in [-0.1, -0.05) is 37.1 Å². The van der Waals surface area contributed by atoms with Crippen molar-refractivity contribution >= 4 is 10.1 Å². The van der Waals surface area contributed by atoms with Crippen molar-refractivity contribution in [3.63, 3.8) is 0 Å². The largest absolute Gasteiger partial charge is 0.490 e. The molecule has 3 fully saturated rings. The van der Waals surface area contributed by atoms with Gasteiger partial charge in [0.2, 0.25) is 0 Å². The highest BCUT2D eigenvalue weighted by atomic mass is 32.2. The van der Waals surface area contributed by atoms with Crippen LogP contribution < -0.4 is 9.47 Å². The lowest BCUT2D eigenvalue weighted by molar-refractivity contribution is -0.200. The number of benzene rings is 2. The number of piperidine rings is 1. The van der Waals surface area contributed by atoms with Crippen molar-refractivity contribution in [1.82, 2.24) is 4.90 Å². The molecule has 2 saturated carbocycles. The molecule has 2 heterocycles. The van der Waals surface area contributed by atoms with Crippen LogP contribution in [0.1, 0.15) is 68.6 Å². The molecule has 0 unspecified atom stereocenters. The van der Waals surface area contributed by atoms with Crippen molar-refractivity contribution in [2.45, 2.75) is 93.3 Å². The summed E-state index contributed by atoms with van der Waals surface area (Å²) in [5.74, 6) is 2.08. The normalized spacial score (nSPS) is 32.4. The lowest BCUT2D eigenvalue weighted by atomic mass is 9.47. The molecule has 2 aliphatic heterocycles. The van der Waals surface area contributed by atoms with Gasteiger partial charge in [0.1, 0.15) is 6.10 Å². The van der Waals surface area contributed by atoms with E-state index in [2.05, 4.69) is 17.9 Å². The van der Waals surface area contributed by atoms with Crippen LogP contribution in [0.5, 0.6) is 11.5 Å². The third-order valence-electron chi connectivity index (χ3n) is 10.4. The number of nitrogens with zero attached hydrogens (tertiary/aromatic N) is 1. The average molecular weight is 568 g/mol. The van der Waals surface area contributed by atoms with Crippen molar-refractivity contribution in [1.29, 1.82) is 0 Å². The second-order valence-electron chi connectivity index (χ2n) is 12.8. The molecular weight excluding hydrogens is 526 g/mol. The van der Waals surface area contributed by atoms with Crippen molar-refractivity contribution in [2.24, 2.45) is 11.8 Å². The Kier molecular flexibility index (Phi) is 6.50. The predicted molar refractivity (Wildman–Crippen MR) is 151 cm³/mol. The van der Waals surface area contributed by atoms with Gasteiger partial charge in [0.15, 0.2) is 11.5 Å². The van der Waals surface area contributed by atoms with E-state index in [9.17, 15) is 13.5 Å². The fourth-order valence-electron chi connectivity index (χ4n) is 8.13. The van der Waals surface area contributed by atoms with Crippen LogP contribution in [0.3, 0.4) is 0 Å². The van der Waals surface area contributed by atoms with Crippen LogP contribution in [0.2, 0.25) is 0 Å². The molecule has 1 spiro atoms. The van der Waals surface area contributed by atoms with Gasteiger partial charge in [0.25, 0.3) is 10.1 Å². The SMILES string of the molecule is CCCCOc1ccc2c3c1O[C@H]1[C@@H](COS(=O)(=O)c4ccc(C)cc4)CC[C@@]4(O)[C@@H](C2)N(CC2CC2)CC[C@]314. The molecule has 0 radical (unpaired) electrons. The topological polar surface area (TPSA) is 85.3 Å². The highest BCUT2D eigenvalue weighted by Gasteiger charge is 2.73. The third kappa shape index (κ3) is 4.04. The Morgan fingerprint density at radius 2 is 1.90 bits per heavy atom. The summed E-state index contributed by atoms with van der Waals surface area (Å²) in [5.41, 5.74) is 1.82. The molecule has 7 rings (SSSR count). The minimum Gasteiger partial charge on any atom is -0.490 e. The Labute approximate surface area is 237 Å². The minimum atomic E-state index is -3.91. The summed E-state index contributed by atoms with van der Waals surface area (Å²) < 4.78 is 45.0. The molecule has 5 atom stereocenters. The van der Waals surface area contributed by atoms with Gasteiger partial charge < -0.3 is 14.6 Å². The standard InChI is InChI=1S/C32H41NO6S/c1-3-4-17-37-26-12-9-23-18-27-32(34)14-13-24(20-38-40(35,36)25-10-5-21(2)6-11-25)30-31(32,28(23)29(26)39-30)15-16-33(27)19-22-7-8-22/h5-6,9-12,22,24,27,30,34H,3-4,7-8,13-20H2,1-2H3/t24-,27-,30+,31+,32-/m1/s1. The summed E-state index contributed by atoms with van der Waals surface area (Å²) in [6, 6.07) is 11.0. The maximum Gasteiger partial charge on any atom is 0.296 e. The van der Waals surface area contributed by atoms with Crippen LogP contribution >= 0.6 is 0 Å². The zero-order valence-electron chi connectivity index (χ0n) is 23.6. The van der Waals surface area contributed by atoms with Gasteiger partial charge in [-0.25, -0.2) is 0 Å². The van der Waals surface area contributed by atoms with E-state index in [0.717, 1.165) is 67.3 Å². The van der Waals surface area contributed by atoms with E-state index in [-0.39, 0.29) is 29.6 Å². The number of aliphatic hydroxyl groups is 1. The zero-order valence-corrected chi connectivity index (χ0v) is 24.4. The molecule has 3 aliphatic carbocycles. The molecule has 7 nitrogen and oxygen atoms in total. The highest BCUT2D eigenvalue weighted by molar-refractivity contribution is 7.86. The zero-order chi connectivity index (χ0) is 27.7. The van der Waals surface area contributed by atoms with Crippen molar-refractivity contribution in [3.05, 3.63) is 53.1 Å². The average Bonchev–Trinajstić information content (AvgIpc) is 3.68. The van der Waals surface area contributed by atoms with E-state index in [1.165, 1.54) is 18.4 Å². The van der Waals surface area contributed by atoms with Gasteiger partial charge in [-0.15, -0.1) is 0 Å². The summed E-state index contributed by atoms with van der Waals surface area (Å²) in [5, 5.41) is 12.7. The highest BCUT2D eigenvalue weighted by Crippen LogP contribution is 2.66. The summed E-state index contributed by atoms with van der Waals surface area (Å²) in [6.07, 6.45) is 7.06. The first-order chi connectivity index (χ1) is 19.3. The molecule has 2 aromatic rings. The number of ether oxygens (including phenoxy) is 2.